The van der Waals surface area contributed by atoms with E-state index in [1.54, 1.807) is 6.07 Å². The second-order valence-electron chi connectivity index (χ2n) is 6.49. The van der Waals surface area contributed by atoms with Gasteiger partial charge in [0.15, 0.2) is 6.61 Å². The Balaban J connectivity index is 1.89. The summed E-state index contributed by atoms with van der Waals surface area (Å²) in [5.41, 5.74) is 6.91. The summed E-state index contributed by atoms with van der Waals surface area (Å²) >= 11 is 0. The van der Waals surface area contributed by atoms with Crippen LogP contribution in [-0.2, 0) is 14.3 Å². The second kappa shape index (κ2) is 8.99. The number of nitrogens with one attached hydrogen (secondary N) is 2. The molecule has 3 aromatic rings. The third-order valence-electron chi connectivity index (χ3n) is 4.03. The Morgan fingerprint density at radius 1 is 1.10 bits per heavy atom. The SMILES string of the molecule is CC(=O)NNC(=O)COC(=O)c1cn(-c2ccc(F)cc2)nc1-c1cccc(C)c1. The van der Waals surface area contributed by atoms with Gasteiger partial charge in [0.05, 0.1) is 5.69 Å². The number of hydrogen-bond acceptors (Lipinski definition) is 5. The van der Waals surface area contributed by atoms with Crippen LogP contribution in [-0.4, -0.2) is 34.2 Å². The Labute approximate surface area is 171 Å². The van der Waals surface area contributed by atoms with Crippen molar-refractivity contribution in [3.8, 4) is 16.9 Å². The highest BCUT2D eigenvalue weighted by atomic mass is 19.1. The first kappa shape index (κ1) is 20.7. The van der Waals surface area contributed by atoms with Crippen molar-refractivity contribution in [2.75, 3.05) is 6.61 Å². The van der Waals surface area contributed by atoms with Crippen LogP contribution in [0.3, 0.4) is 0 Å². The molecule has 30 heavy (non-hydrogen) atoms. The zero-order valence-electron chi connectivity index (χ0n) is 16.3. The molecule has 0 aliphatic heterocycles. The Bertz CT molecular complexity index is 1090. The minimum absolute atomic E-state index is 0.136. The first-order chi connectivity index (χ1) is 14.3. The minimum Gasteiger partial charge on any atom is -0.452 e. The van der Waals surface area contributed by atoms with Crippen LogP contribution in [0.15, 0.2) is 54.7 Å². The number of esters is 1. The number of ether oxygens (including phenoxy) is 1. The molecule has 1 heterocycles. The molecule has 3 rings (SSSR count). The molecular formula is C21H19FN4O4. The first-order valence-corrected chi connectivity index (χ1v) is 8.98. The van der Waals surface area contributed by atoms with E-state index in [4.69, 9.17) is 4.74 Å². The average molecular weight is 410 g/mol. The minimum atomic E-state index is -0.766. The quantitative estimate of drug-likeness (QED) is 0.496. The van der Waals surface area contributed by atoms with Crippen LogP contribution in [0.4, 0.5) is 4.39 Å². The van der Waals surface area contributed by atoms with E-state index in [2.05, 4.69) is 16.0 Å². The largest absolute Gasteiger partial charge is 0.452 e. The Morgan fingerprint density at radius 2 is 1.83 bits per heavy atom. The van der Waals surface area contributed by atoms with Crippen LogP contribution in [0.25, 0.3) is 16.9 Å². The molecule has 154 valence electrons. The van der Waals surface area contributed by atoms with Crippen molar-refractivity contribution >= 4 is 17.8 Å². The van der Waals surface area contributed by atoms with Crippen LogP contribution >= 0.6 is 0 Å². The van der Waals surface area contributed by atoms with Gasteiger partial charge >= 0.3 is 5.97 Å². The average Bonchev–Trinajstić information content (AvgIpc) is 3.16. The predicted molar refractivity (Wildman–Crippen MR) is 106 cm³/mol. The molecule has 0 bridgehead atoms. The molecule has 0 saturated heterocycles. The number of nitrogens with zero attached hydrogens (tertiary/aromatic N) is 2. The molecular weight excluding hydrogens is 391 g/mol. The number of halogens is 1. The van der Waals surface area contributed by atoms with E-state index in [-0.39, 0.29) is 5.56 Å². The van der Waals surface area contributed by atoms with Crippen molar-refractivity contribution in [3.05, 3.63) is 71.7 Å². The molecule has 0 atom stereocenters. The van der Waals surface area contributed by atoms with Gasteiger partial charge in [-0.25, -0.2) is 13.9 Å². The molecule has 0 fully saturated rings. The van der Waals surface area contributed by atoms with Gasteiger partial charge in [0, 0.05) is 18.7 Å². The predicted octanol–water partition coefficient (Wildman–Crippen LogP) is 2.31. The maximum Gasteiger partial charge on any atom is 0.342 e. The molecule has 9 heteroatoms. The van der Waals surface area contributed by atoms with Crippen LogP contribution in [0, 0.1) is 12.7 Å². The van der Waals surface area contributed by atoms with E-state index < -0.39 is 30.2 Å². The smallest absolute Gasteiger partial charge is 0.342 e. The fourth-order valence-electron chi connectivity index (χ4n) is 2.66. The van der Waals surface area contributed by atoms with Crippen molar-refractivity contribution in [1.82, 2.24) is 20.6 Å². The summed E-state index contributed by atoms with van der Waals surface area (Å²) in [7, 11) is 0. The van der Waals surface area contributed by atoms with Gasteiger partial charge < -0.3 is 4.74 Å². The molecule has 0 unspecified atom stereocenters. The number of benzene rings is 2. The van der Waals surface area contributed by atoms with Gasteiger partial charge in [0.1, 0.15) is 17.1 Å². The highest BCUT2D eigenvalue weighted by molar-refractivity contribution is 5.97. The van der Waals surface area contributed by atoms with Crippen molar-refractivity contribution < 1.29 is 23.5 Å². The summed E-state index contributed by atoms with van der Waals surface area (Å²) in [6, 6.07) is 13.0. The molecule has 0 radical (unpaired) electrons. The van der Waals surface area contributed by atoms with E-state index in [1.165, 1.54) is 42.1 Å². The van der Waals surface area contributed by atoms with Gasteiger partial charge in [0.25, 0.3) is 5.91 Å². The zero-order valence-corrected chi connectivity index (χ0v) is 16.3. The van der Waals surface area contributed by atoms with Crippen molar-refractivity contribution in [2.24, 2.45) is 0 Å². The van der Waals surface area contributed by atoms with Gasteiger partial charge in [0.2, 0.25) is 5.91 Å². The lowest BCUT2D eigenvalue weighted by molar-refractivity contribution is -0.129. The highest BCUT2D eigenvalue weighted by Gasteiger charge is 2.21. The topological polar surface area (TPSA) is 102 Å². The van der Waals surface area contributed by atoms with Gasteiger partial charge in [-0.1, -0.05) is 23.8 Å². The van der Waals surface area contributed by atoms with E-state index >= 15 is 0 Å². The maximum absolute atomic E-state index is 13.2. The molecule has 0 aliphatic carbocycles. The summed E-state index contributed by atoms with van der Waals surface area (Å²) < 4.78 is 19.7. The van der Waals surface area contributed by atoms with Crippen LogP contribution in [0.2, 0.25) is 0 Å². The lowest BCUT2D eigenvalue weighted by atomic mass is 10.1. The van der Waals surface area contributed by atoms with Crippen molar-refractivity contribution in [1.29, 1.82) is 0 Å². The number of amides is 2. The van der Waals surface area contributed by atoms with E-state index in [0.717, 1.165) is 5.56 Å². The summed E-state index contributed by atoms with van der Waals surface area (Å²) in [6.45, 7) is 2.54. The van der Waals surface area contributed by atoms with Gasteiger partial charge in [-0.05, 0) is 37.3 Å². The van der Waals surface area contributed by atoms with Crippen LogP contribution < -0.4 is 10.9 Å². The van der Waals surface area contributed by atoms with Crippen molar-refractivity contribution in [2.45, 2.75) is 13.8 Å². The summed E-state index contributed by atoms with van der Waals surface area (Å²) in [5.74, 6) is -2.31. The first-order valence-electron chi connectivity index (χ1n) is 8.98. The number of hydrogen-bond donors (Lipinski definition) is 2. The Hall–Kier alpha value is -4.01. The van der Waals surface area contributed by atoms with Crippen LogP contribution in [0.5, 0.6) is 0 Å². The third-order valence-corrected chi connectivity index (χ3v) is 4.03. The fraction of sp³-hybridized carbons (Fsp3) is 0.143. The lowest BCUT2D eigenvalue weighted by Gasteiger charge is -2.07. The van der Waals surface area contributed by atoms with Gasteiger partial charge in [-0.15, -0.1) is 0 Å². The van der Waals surface area contributed by atoms with E-state index in [9.17, 15) is 18.8 Å². The third kappa shape index (κ3) is 5.07. The van der Waals surface area contributed by atoms with Gasteiger partial charge in [-0.2, -0.15) is 5.10 Å². The molecule has 0 saturated carbocycles. The standard InChI is InChI=1S/C21H19FN4O4/c1-13-4-3-5-15(10-13)20-18(21(29)30-12-19(28)24-23-14(2)27)11-26(25-20)17-8-6-16(22)7-9-17/h3-11H,12H2,1-2H3,(H,23,27)(H,24,28). The zero-order chi connectivity index (χ0) is 21.7. The summed E-state index contributed by atoms with van der Waals surface area (Å²) in [6.07, 6.45) is 1.46. The molecule has 0 spiro atoms. The Morgan fingerprint density at radius 3 is 2.50 bits per heavy atom. The fourth-order valence-corrected chi connectivity index (χ4v) is 2.66. The highest BCUT2D eigenvalue weighted by Crippen LogP contribution is 2.25. The van der Waals surface area contributed by atoms with Gasteiger partial charge in [-0.3, -0.25) is 20.4 Å². The number of carbonyl (C=O) groups excluding carboxylic acids is 3. The molecule has 2 N–H and O–H groups in total. The molecule has 2 aromatic carbocycles. The Kier molecular flexibility index (Phi) is 6.21. The number of rotatable bonds is 5. The van der Waals surface area contributed by atoms with E-state index in [0.29, 0.717) is 16.9 Å². The second-order valence-corrected chi connectivity index (χ2v) is 6.49. The number of carbonyl (C=O) groups is 3. The lowest BCUT2D eigenvalue weighted by Crippen LogP contribution is -2.42. The maximum atomic E-state index is 13.2. The van der Waals surface area contributed by atoms with Crippen LogP contribution in [0.1, 0.15) is 22.8 Å². The summed E-state index contributed by atoms with van der Waals surface area (Å²) in [5, 5.41) is 4.47. The van der Waals surface area contributed by atoms with Crippen molar-refractivity contribution in [3.63, 3.8) is 0 Å². The number of aryl methyl sites for hydroxylation is 1. The molecule has 2 amide bonds. The molecule has 1 aromatic heterocycles. The summed E-state index contributed by atoms with van der Waals surface area (Å²) in [4.78, 5) is 35.2. The number of aromatic nitrogens is 2. The number of hydrazine groups is 1. The normalized spacial score (nSPS) is 10.4. The molecule has 0 aliphatic rings. The monoisotopic (exact) mass is 410 g/mol. The molecule has 8 nitrogen and oxygen atoms in total. The van der Waals surface area contributed by atoms with E-state index in [1.807, 2.05) is 25.1 Å².